The van der Waals surface area contributed by atoms with Gasteiger partial charge in [0.15, 0.2) is 0 Å². The number of carboxylic acids is 1. The van der Waals surface area contributed by atoms with Crippen molar-refractivity contribution in [2.75, 3.05) is 11.9 Å². The van der Waals surface area contributed by atoms with Crippen molar-refractivity contribution in [1.82, 2.24) is 0 Å². The van der Waals surface area contributed by atoms with E-state index in [0.717, 1.165) is 11.8 Å². The van der Waals surface area contributed by atoms with Gasteiger partial charge in [0.25, 0.3) is 0 Å². The number of aromatic carboxylic acids is 1. The summed E-state index contributed by atoms with van der Waals surface area (Å²) in [5, 5.41) is 9.36. The molecule has 0 saturated heterocycles. The number of anilines is 1. The van der Waals surface area contributed by atoms with Crippen molar-refractivity contribution in [3.05, 3.63) is 22.3 Å². The number of nitrogens with zero attached hydrogens (tertiary/aromatic N) is 1. The average molecular weight is 399 g/mol. The van der Waals surface area contributed by atoms with Gasteiger partial charge in [0, 0.05) is 7.05 Å². The van der Waals surface area contributed by atoms with Gasteiger partial charge >= 0.3 is 70.4 Å². The van der Waals surface area contributed by atoms with Gasteiger partial charge in [-0.05, 0) is 47.1 Å². The first kappa shape index (κ1) is 25.5. The molecule has 0 aromatic heterocycles. The molecule has 0 aliphatic rings. The summed E-state index contributed by atoms with van der Waals surface area (Å²) in [6, 6.07) is 0. The van der Waals surface area contributed by atoms with Gasteiger partial charge < -0.3 is 22.8 Å². The van der Waals surface area contributed by atoms with Gasteiger partial charge in [-0.1, -0.05) is 16.6 Å². The van der Waals surface area contributed by atoms with E-state index in [2.05, 4.69) is 0 Å². The molecule has 0 bridgehead atoms. The Kier molecular flexibility index (Phi) is 8.46. The second kappa shape index (κ2) is 8.64. The number of halogens is 3. The van der Waals surface area contributed by atoms with Crippen LogP contribution in [0.4, 0.5) is 23.4 Å². The molecule has 0 atom stereocenters. The summed E-state index contributed by atoms with van der Waals surface area (Å²) in [5.41, 5.74) is -2.86. The van der Waals surface area contributed by atoms with Crippen LogP contribution in [0.2, 0.25) is 0 Å². The summed E-state index contributed by atoms with van der Waals surface area (Å²) < 4.78 is 45.8. The van der Waals surface area contributed by atoms with Crippen LogP contribution in [0.3, 0.4) is 0 Å². The Morgan fingerprint density at radius 2 is 1.50 bits per heavy atom. The number of ether oxygens (including phenoxy) is 1. The number of amides is 1. The molecule has 1 amide bonds. The zero-order valence-corrected chi connectivity index (χ0v) is 19.5. The molecule has 0 unspecified atom stereocenters. The fourth-order valence-corrected chi connectivity index (χ4v) is 2.96. The number of hydrogen-bond donors (Lipinski definition) is 1. The zero-order chi connectivity index (χ0) is 19.9. The zero-order valence-electron chi connectivity index (χ0n) is 16.3. The molecule has 0 heterocycles. The van der Waals surface area contributed by atoms with Crippen molar-refractivity contribution >= 4 is 30.2 Å². The van der Waals surface area contributed by atoms with E-state index in [1.165, 1.54) is 20.9 Å². The summed E-state index contributed by atoms with van der Waals surface area (Å²) >= 11 is 0. The Balaban J connectivity index is 0.00000625. The third-order valence-corrected chi connectivity index (χ3v) is 3.81. The molecule has 0 aliphatic heterocycles. The predicted molar refractivity (Wildman–Crippen MR) is 91.0 cm³/mol. The number of carbonyl (C=O) groups excluding carboxylic acids is 1. The molecular formula is C16H22BF3KNO4. The van der Waals surface area contributed by atoms with Gasteiger partial charge in [-0.15, -0.1) is 0 Å². The summed E-state index contributed by atoms with van der Waals surface area (Å²) in [6.07, 6.45) is -0.862. The van der Waals surface area contributed by atoms with Crippen molar-refractivity contribution in [2.24, 2.45) is 0 Å². The van der Waals surface area contributed by atoms with E-state index >= 15 is 0 Å². The predicted octanol–water partition coefficient (Wildman–Crippen LogP) is 0.740. The molecule has 1 aromatic carbocycles. The SMILES string of the molecule is Cc1c(C(=O)O)c(C)c([B-](F)(F)F)c(C)c1N(C)C(=O)OC(C)(C)C.[K+]. The smallest absolute Gasteiger partial charge is 0.478 e. The standard InChI is InChI=1S/C16H22BF3NO4.K/c1-8-11(14(22)23)9(2)13(10(3)12(8)17(18,19)20)21(7)15(24)25-16(4,5)6;/h1-7H3,(H,22,23);/q-1;+1. The largest absolute Gasteiger partial charge is 1.00 e. The Morgan fingerprint density at radius 1 is 1.04 bits per heavy atom. The maximum Gasteiger partial charge on any atom is 1.00 e. The Hall–Kier alpha value is -0.549. The van der Waals surface area contributed by atoms with E-state index in [-0.39, 0.29) is 73.8 Å². The minimum atomic E-state index is -5.46. The number of carbonyl (C=O) groups is 2. The summed E-state index contributed by atoms with van der Waals surface area (Å²) in [5.74, 6) is -1.48. The van der Waals surface area contributed by atoms with Gasteiger partial charge in [-0.25, -0.2) is 9.59 Å². The van der Waals surface area contributed by atoms with E-state index in [9.17, 15) is 27.6 Å². The van der Waals surface area contributed by atoms with Crippen molar-refractivity contribution < 1.29 is 83.8 Å². The molecule has 5 nitrogen and oxygen atoms in total. The molecule has 1 N–H and O–H groups in total. The third kappa shape index (κ3) is 5.48. The van der Waals surface area contributed by atoms with Crippen LogP contribution in [0, 0.1) is 20.8 Å². The molecule has 0 aliphatic carbocycles. The van der Waals surface area contributed by atoms with Crippen LogP contribution in [0.15, 0.2) is 0 Å². The molecule has 0 fully saturated rings. The fraction of sp³-hybridized carbons (Fsp3) is 0.500. The van der Waals surface area contributed by atoms with Crippen LogP contribution < -0.4 is 61.7 Å². The van der Waals surface area contributed by atoms with E-state index in [1.54, 1.807) is 20.8 Å². The van der Waals surface area contributed by atoms with Crippen LogP contribution in [0.1, 0.15) is 47.8 Å². The van der Waals surface area contributed by atoms with Crippen molar-refractivity contribution in [3.63, 3.8) is 0 Å². The number of hydrogen-bond acceptors (Lipinski definition) is 3. The second-order valence-corrected chi connectivity index (χ2v) is 6.93. The van der Waals surface area contributed by atoms with E-state index in [4.69, 9.17) is 4.74 Å². The molecule has 10 heteroatoms. The first-order valence-electron chi connectivity index (χ1n) is 7.63. The molecule has 0 saturated carbocycles. The summed E-state index contributed by atoms with van der Waals surface area (Å²) in [6.45, 7) is 3.16. The van der Waals surface area contributed by atoms with Crippen LogP contribution in [-0.2, 0) is 4.74 Å². The molecule has 26 heavy (non-hydrogen) atoms. The van der Waals surface area contributed by atoms with E-state index in [1.807, 2.05) is 0 Å². The van der Waals surface area contributed by atoms with Gasteiger partial charge in [-0.3, -0.25) is 4.90 Å². The minimum absolute atomic E-state index is 0. The van der Waals surface area contributed by atoms with Gasteiger partial charge in [-0.2, -0.15) is 0 Å². The molecule has 0 spiro atoms. The first-order chi connectivity index (χ1) is 11.1. The third-order valence-electron chi connectivity index (χ3n) is 3.81. The van der Waals surface area contributed by atoms with Crippen molar-refractivity contribution in [1.29, 1.82) is 0 Å². The number of carboxylic acid groups (broad SMARTS) is 1. The van der Waals surface area contributed by atoms with Gasteiger partial charge in [0.2, 0.25) is 0 Å². The normalized spacial score (nSPS) is 11.6. The van der Waals surface area contributed by atoms with Gasteiger partial charge in [0.1, 0.15) is 5.60 Å². The van der Waals surface area contributed by atoms with Crippen molar-refractivity contribution in [2.45, 2.75) is 47.1 Å². The minimum Gasteiger partial charge on any atom is -0.478 e. The Bertz CT molecular complexity index is 730. The van der Waals surface area contributed by atoms with E-state index < -0.39 is 35.7 Å². The molecule has 140 valence electrons. The fourth-order valence-electron chi connectivity index (χ4n) is 2.96. The molecule has 0 radical (unpaired) electrons. The van der Waals surface area contributed by atoms with Crippen molar-refractivity contribution in [3.8, 4) is 0 Å². The molecular weight excluding hydrogens is 377 g/mol. The Morgan fingerprint density at radius 3 is 1.85 bits per heavy atom. The second-order valence-electron chi connectivity index (χ2n) is 6.93. The van der Waals surface area contributed by atoms with Crippen LogP contribution >= 0.6 is 0 Å². The molecule has 1 rings (SSSR count). The first-order valence-corrected chi connectivity index (χ1v) is 7.63. The Labute approximate surface area is 193 Å². The van der Waals surface area contributed by atoms with Crippen LogP contribution in [0.25, 0.3) is 0 Å². The quantitative estimate of drug-likeness (QED) is 0.762. The maximum absolute atomic E-state index is 13.5. The average Bonchev–Trinajstić information content (AvgIpc) is 2.33. The summed E-state index contributed by atoms with van der Waals surface area (Å²) in [4.78, 5) is 24.7. The van der Waals surface area contributed by atoms with E-state index in [0.29, 0.717) is 0 Å². The van der Waals surface area contributed by atoms with Gasteiger partial charge in [0.05, 0.1) is 11.3 Å². The monoisotopic (exact) mass is 399 g/mol. The van der Waals surface area contributed by atoms with Crippen LogP contribution in [-0.4, -0.2) is 36.8 Å². The maximum atomic E-state index is 13.5. The number of benzene rings is 1. The molecule has 1 aromatic rings. The topological polar surface area (TPSA) is 66.8 Å². The van der Waals surface area contributed by atoms with Crippen LogP contribution in [0.5, 0.6) is 0 Å². The summed E-state index contributed by atoms with van der Waals surface area (Å²) in [7, 11) is 1.26. The number of rotatable bonds is 3.